The molecule has 0 aromatic carbocycles. The number of hydrogen-bond donors (Lipinski definition) is 1. The largest absolute Gasteiger partial charge is 0.393 e. The Morgan fingerprint density at radius 3 is 2.87 bits per heavy atom. The summed E-state index contributed by atoms with van der Waals surface area (Å²) in [5.41, 5.74) is 5.53. The Labute approximate surface area is 97.3 Å². The molecule has 1 saturated heterocycles. The van der Waals surface area contributed by atoms with Crippen LogP contribution in [0.3, 0.4) is 0 Å². The van der Waals surface area contributed by atoms with Crippen LogP contribution in [0, 0.1) is 11.3 Å². The van der Waals surface area contributed by atoms with Crippen molar-refractivity contribution in [3.8, 4) is 0 Å². The highest BCUT2D eigenvalue weighted by Gasteiger charge is 2.21. The molecule has 1 aliphatic heterocycles. The summed E-state index contributed by atoms with van der Waals surface area (Å²) < 4.78 is 10.9. The fraction of sp³-hybridized carbons (Fsp3) is 0.909. The third-order valence-electron chi connectivity index (χ3n) is 2.92. The summed E-state index contributed by atoms with van der Waals surface area (Å²) in [6.07, 6.45) is 2.01. The standard InChI is InChI=1S/C11H21NO2S/c1-11(2,10(12)15)4-6-14-8-9-3-5-13-7-9/h9H,3-8H2,1-2H3,(H2,12,15). The summed E-state index contributed by atoms with van der Waals surface area (Å²) in [6.45, 7) is 7.36. The maximum absolute atomic E-state index is 5.63. The Bertz CT molecular complexity index is 213. The van der Waals surface area contributed by atoms with Gasteiger partial charge in [-0.2, -0.15) is 0 Å². The predicted molar refractivity (Wildman–Crippen MR) is 64.9 cm³/mol. The third kappa shape index (κ3) is 4.45. The van der Waals surface area contributed by atoms with Gasteiger partial charge in [0, 0.05) is 24.5 Å². The lowest BCUT2D eigenvalue weighted by molar-refractivity contribution is 0.0788. The molecule has 15 heavy (non-hydrogen) atoms. The number of nitrogens with two attached hydrogens (primary N) is 1. The fourth-order valence-corrected chi connectivity index (χ4v) is 1.52. The second-order valence-electron chi connectivity index (χ2n) is 4.80. The van der Waals surface area contributed by atoms with Gasteiger partial charge in [-0.15, -0.1) is 0 Å². The van der Waals surface area contributed by atoms with E-state index >= 15 is 0 Å². The summed E-state index contributed by atoms with van der Waals surface area (Å²) in [6, 6.07) is 0. The monoisotopic (exact) mass is 231 g/mol. The van der Waals surface area contributed by atoms with Crippen molar-refractivity contribution in [3.05, 3.63) is 0 Å². The minimum absolute atomic E-state index is 0.0957. The van der Waals surface area contributed by atoms with Crippen LogP contribution in [0.15, 0.2) is 0 Å². The highest BCUT2D eigenvalue weighted by Crippen LogP contribution is 2.21. The molecular weight excluding hydrogens is 210 g/mol. The van der Waals surface area contributed by atoms with E-state index < -0.39 is 0 Å². The van der Waals surface area contributed by atoms with Gasteiger partial charge in [0.2, 0.25) is 0 Å². The minimum Gasteiger partial charge on any atom is -0.393 e. The number of ether oxygens (including phenoxy) is 2. The molecule has 0 aromatic heterocycles. The number of rotatable bonds is 6. The van der Waals surface area contributed by atoms with E-state index in [1.54, 1.807) is 0 Å². The zero-order chi connectivity index (χ0) is 11.3. The van der Waals surface area contributed by atoms with E-state index in [1.807, 2.05) is 0 Å². The van der Waals surface area contributed by atoms with Crippen LogP contribution < -0.4 is 5.73 Å². The minimum atomic E-state index is -0.0957. The molecule has 0 aromatic rings. The van der Waals surface area contributed by atoms with E-state index in [1.165, 1.54) is 0 Å². The van der Waals surface area contributed by atoms with E-state index in [2.05, 4.69) is 13.8 Å². The van der Waals surface area contributed by atoms with Gasteiger partial charge in [0.25, 0.3) is 0 Å². The van der Waals surface area contributed by atoms with E-state index in [4.69, 9.17) is 27.4 Å². The molecule has 1 unspecified atom stereocenters. The van der Waals surface area contributed by atoms with Crippen molar-refractivity contribution in [2.24, 2.45) is 17.1 Å². The molecule has 0 spiro atoms. The van der Waals surface area contributed by atoms with Crippen molar-refractivity contribution >= 4 is 17.2 Å². The molecule has 1 heterocycles. The summed E-state index contributed by atoms with van der Waals surface area (Å²) in [7, 11) is 0. The molecule has 2 N–H and O–H groups in total. The van der Waals surface area contributed by atoms with Crippen molar-refractivity contribution in [1.29, 1.82) is 0 Å². The van der Waals surface area contributed by atoms with Gasteiger partial charge < -0.3 is 15.2 Å². The first kappa shape index (κ1) is 12.9. The van der Waals surface area contributed by atoms with Gasteiger partial charge in [-0.1, -0.05) is 26.1 Å². The summed E-state index contributed by atoms with van der Waals surface area (Å²) in [5.74, 6) is 0.581. The van der Waals surface area contributed by atoms with Crippen molar-refractivity contribution in [2.45, 2.75) is 26.7 Å². The normalized spacial score (nSPS) is 21.9. The van der Waals surface area contributed by atoms with Gasteiger partial charge in [-0.25, -0.2) is 0 Å². The molecule has 0 aliphatic carbocycles. The summed E-state index contributed by atoms with van der Waals surface area (Å²) in [4.78, 5) is 0.565. The molecular formula is C11H21NO2S. The average molecular weight is 231 g/mol. The van der Waals surface area contributed by atoms with Crippen molar-refractivity contribution in [1.82, 2.24) is 0 Å². The lowest BCUT2D eigenvalue weighted by Gasteiger charge is -2.23. The Balaban J connectivity index is 2.08. The van der Waals surface area contributed by atoms with Crippen molar-refractivity contribution in [3.63, 3.8) is 0 Å². The Kier molecular flexibility index (Phi) is 4.96. The lowest BCUT2D eigenvalue weighted by atomic mass is 9.90. The van der Waals surface area contributed by atoms with Gasteiger partial charge in [-0.3, -0.25) is 0 Å². The molecule has 0 radical (unpaired) electrons. The lowest BCUT2D eigenvalue weighted by Crippen LogP contribution is -2.31. The maximum atomic E-state index is 5.63. The van der Waals surface area contributed by atoms with Gasteiger partial charge in [-0.05, 0) is 12.8 Å². The molecule has 1 fully saturated rings. The fourth-order valence-electron chi connectivity index (χ4n) is 1.42. The SMILES string of the molecule is CC(C)(CCOCC1CCOC1)C(N)=S. The van der Waals surface area contributed by atoms with E-state index in [-0.39, 0.29) is 5.41 Å². The summed E-state index contributed by atoms with van der Waals surface area (Å²) in [5, 5.41) is 0. The van der Waals surface area contributed by atoms with Gasteiger partial charge in [0.1, 0.15) is 0 Å². The topological polar surface area (TPSA) is 44.5 Å². The molecule has 1 aliphatic rings. The van der Waals surface area contributed by atoms with E-state index in [9.17, 15) is 0 Å². The third-order valence-corrected chi connectivity index (χ3v) is 3.47. The van der Waals surface area contributed by atoms with Crippen LogP contribution in [0.25, 0.3) is 0 Å². The second kappa shape index (κ2) is 5.77. The first-order valence-electron chi connectivity index (χ1n) is 5.48. The van der Waals surface area contributed by atoms with E-state index in [0.29, 0.717) is 10.9 Å². The van der Waals surface area contributed by atoms with Crippen LogP contribution in [-0.2, 0) is 9.47 Å². The quantitative estimate of drug-likeness (QED) is 0.558. The highest BCUT2D eigenvalue weighted by molar-refractivity contribution is 7.80. The number of thiocarbonyl (C=S) groups is 1. The second-order valence-corrected chi connectivity index (χ2v) is 5.24. The molecule has 1 atom stereocenters. The zero-order valence-electron chi connectivity index (χ0n) is 9.62. The van der Waals surface area contributed by atoms with Crippen LogP contribution in [0.1, 0.15) is 26.7 Å². The summed E-state index contributed by atoms with van der Waals surface area (Å²) >= 11 is 4.99. The first-order valence-corrected chi connectivity index (χ1v) is 5.88. The van der Waals surface area contributed by atoms with Crippen LogP contribution in [-0.4, -0.2) is 31.4 Å². The molecule has 3 nitrogen and oxygen atoms in total. The van der Waals surface area contributed by atoms with Crippen molar-refractivity contribution in [2.75, 3.05) is 26.4 Å². The molecule has 1 rings (SSSR count). The van der Waals surface area contributed by atoms with Crippen LogP contribution >= 0.6 is 12.2 Å². The predicted octanol–water partition coefficient (Wildman–Crippen LogP) is 1.74. The van der Waals surface area contributed by atoms with Crippen LogP contribution in [0.2, 0.25) is 0 Å². The molecule has 0 amide bonds. The number of hydrogen-bond acceptors (Lipinski definition) is 3. The molecule has 88 valence electrons. The van der Waals surface area contributed by atoms with Gasteiger partial charge >= 0.3 is 0 Å². The smallest absolute Gasteiger partial charge is 0.0785 e. The van der Waals surface area contributed by atoms with Crippen molar-refractivity contribution < 1.29 is 9.47 Å². The van der Waals surface area contributed by atoms with E-state index in [0.717, 1.165) is 39.3 Å². The van der Waals surface area contributed by atoms with Gasteiger partial charge in [0.15, 0.2) is 0 Å². The Hall–Kier alpha value is -0.190. The molecule has 4 heteroatoms. The first-order chi connectivity index (χ1) is 7.02. The zero-order valence-corrected chi connectivity index (χ0v) is 10.4. The van der Waals surface area contributed by atoms with Crippen LogP contribution in [0.5, 0.6) is 0 Å². The molecule has 0 saturated carbocycles. The van der Waals surface area contributed by atoms with Gasteiger partial charge in [0.05, 0.1) is 18.2 Å². The Morgan fingerprint density at radius 2 is 2.33 bits per heavy atom. The Morgan fingerprint density at radius 1 is 1.60 bits per heavy atom. The highest BCUT2D eigenvalue weighted by atomic mass is 32.1. The molecule has 0 bridgehead atoms. The van der Waals surface area contributed by atoms with Crippen LogP contribution in [0.4, 0.5) is 0 Å². The maximum Gasteiger partial charge on any atom is 0.0785 e. The average Bonchev–Trinajstić information content (AvgIpc) is 2.64.